The largest absolute Gasteiger partial charge is 0.495 e. The van der Waals surface area contributed by atoms with E-state index in [4.69, 9.17) is 33.7 Å². The van der Waals surface area contributed by atoms with Crippen molar-refractivity contribution in [2.24, 2.45) is 0 Å². The van der Waals surface area contributed by atoms with Gasteiger partial charge in [-0.25, -0.2) is 0 Å². The second-order valence-corrected chi connectivity index (χ2v) is 7.60. The molecule has 1 aromatic heterocycles. The van der Waals surface area contributed by atoms with E-state index >= 15 is 0 Å². The predicted octanol–water partition coefficient (Wildman–Crippen LogP) is 3.46. The molecule has 164 valence electrons. The van der Waals surface area contributed by atoms with Gasteiger partial charge in [0.05, 0.1) is 34.2 Å². The number of benzene rings is 1. The number of hydrogen-bond donors (Lipinski definition) is 1. The summed E-state index contributed by atoms with van der Waals surface area (Å²) in [6, 6.07) is 3.35. The highest BCUT2D eigenvalue weighted by molar-refractivity contribution is 6.32. The zero-order chi connectivity index (χ0) is 22.2. The van der Waals surface area contributed by atoms with Crippen LogP contribution in [0.4, 0.5) is 24.5 Å². The van der Waals surface area contributed by atoms with Crippen LogP contribution >= 0.6 is 23.2 Å². The molecule has 12 heteroatoms. The average molecular weight is 466 g/mol. The van der Waals surface area contributed by atoms with Gasteiger partial charge in [0.2, 0.25) is 5.91 Å². The molecule has 0 aliphatic carbocycles. The van der Waals surface area contributed by atoms with Gasteiger partial charge in [-0.2, -0.15) is 18.3 Å². The number of hydrogen-bond acceptors (Lipinski definition) is 5. The lowest BCUT2D eigenvalue weighted by atomic mass is 10.2. The lowest BCUT2D eigenvalue weighted by Gasteiger charge is -2.36. The number of nitrogens with zero attached hydrogens (tertiary/aromatic N) is 4. The Morgan fingerprint density at radius 1 is 1.23 bits per heavy atom. The number of nitrogen functional groups attached to an aromatic ring is 1. The van der Waals surface area contributed by atoms with Crippen molar-refractivity contribution in [3.8, 4) is 5.75 Å². The maximum atomic E-state index is 13.0. The van der Waals surface area contributed by atoms with Crippen molar-refractivity contribution < 1.29 is 22.7 Å². The Morgan fingerprint density at radius 3 is 2.40 bits per heavy atom. The van der Waals surface area contributed by atoms with Crippen molar-refractivity contribution in [1.29, 1.82) is 0 Å². The number of alkyl halides is 3. The van der Waals surface area contributed by atoms with Gasteiger partial charge in [0.25, 0.3) is 0 Å². The zero-order valence-corrected chi connectivity index (χ0v) is 17.8. The number of piperazine rings is 1. The van der Waals surface area contributed by atoms with Gasteiger partial charge in [0.1, 0.15) is 12.3 Å². The summed E-state index contributed by atoms with van der Waals surface area (Å²) in [6.45, 7) is 2.82. The molecule has 0 saturated carbocycles. The Morgan fingerprint density at radius 2 is 1.87 bits per heavy atom. The lowest BCUT2D eigenvalue weighted by molar-refractivity contribution is -0.142. The summed E-state index contributed by atoms with van der Waals surface area (Å²) in [5.41, 5.74) is 6.20. The van der Waals surface area contributed by atoms with Crippen molar-refractivity contribution in [2.45, 2.75) is 19.6 Å². The highest BCUT2D eigenvalue weighted by Gasteiger charge is 2.38. The number of carbonyl (C=O) groups is 1. The molecule has 1 aliphatic heterocycles. The number of rotatable bonds is 4. The zero-order valence-electron chi connectivity index (χ0n) is 16.3. The van der Waals surface area contributed by atoms with Gasteiger partial charge < -0.3 is 20.3 Å². The number of anilines is 2. The number of amides is 1. The van der Waals surface area contributed by atoms with Crippen LogP contribution in [0, 0.1) is 6.92 Å². The molecule has 0 atom stereocenters. The Balaban J connectivity index is 1.67. The molecule has 2 aromatic rings. The maximum Gasteiger partial charge on any atom is 0.436 e. The number of halogens is 5. The fourth-order valence-electron chi connectivity index (χ4n) is 3.27. The van der Waals surface area contributed by atoms with E-state index in [2.05, 4.69) is 5.10 Å². The number of nitrogens with two attached hydrogens (primary N) is 1. The minimum absolute atomic E-state index is 0.0945. The molecular formula is C18H20Cl2F3N5O2. The molecule has 2 heterocycles. The topological polar surface area (TPSA) is 76.6 Å². The summed E-state index contributed by atoms with van der Waals surface area (Å²) in [7, 11) is 1.51. The van der Waals surface area contributed by atoms with Crippen LogP contribution in [0.5, 0.6) is 5.75 Å². The van der Waals surface area contributed by atoms with Crippen molar-refractivity contribution >= 4 is 40.5 Å². The summed E-state index contributed by atoms with van der Waals surface area (Å²) in [6.07, 6.45) is -4.68. The second-order valence-electron chi connectivity index (χ2n) is 6.82. The van der Waals surface area contributed by atoms with Gasteiger partial charge >= 0.3 is 6.18 Å². The van der Waals surface area contributed by atoms with Crippen molar-refractivity contribution in [3.63, 3.8) is 0 Å². The average Bonchev–Trinajstić information content (AvgIpc) is 2.97. The molecule has 0 unspecified atom stereocenters. The van der Waals surface area contributed by atoms with Gasteiger partial charge in [-0.1, -0.05) is 23.2 Å². The summed E-state index contributed by atoms with van der Waals surface area (Å²) >= 11 is 11.8. The molecule has 0 spiro atoms. The molecule has 3 rings (SSSR count). The molecule has 30 heavy (non-hydrogen) atoms. The highest BCUT2D eigenvalue weighted by atomic mass is 35.5. The lowest BCUT2D eigenvalue weighted by Crippen LogP contribution is -2.49. The first-order valence-corrected chi connectivity index (χ1v) is 9.74. The van der Waals surface area contributed by atoms with Crippen LogP contribution in [0.15, 0.2) is 12.1 Å². The molecule has 1 amide bonds. The monoisotopic (exact) mass is 465 g/mol. The van der Waals surface area contributed by atoms with Gasteiger partial charge in [0.15, 0.2) is 5.69 Å². The van der Waals surface area contributed by atoms with E-state index in [9.17, 15) is 18.0 Å². The van der Waals surface area contributed by atoms with E-state index in [1.165, 1.54) is 14.0 Å². The van der Waals surface area contributed by atoms with Crippen molar-refractivity contribution in [1.82, 2.24) is 14.7 Å². The highest BCUT2D eigenvalue weighted by Crippen LogP contribution is 2.36. The molecule has 0 radical (unpaired) electrons. The SMILES string of the molecule is COc1cc(N2CCN(C(=O)Cn3nc(C(F)(F)F)c(Cl)c3C)CC2)c(N)cc1Cl. The Labute approximate surface area is 181 Å². The predicted molar refractivity (Wildman–Crippen MR) is 108 cm³/mol. The van der Waals surface area contributed by atoms with Crippen LogP contribution in [0.3, 0.4) is 0 Å². The van der Waals surface area contributed by atoms with E-state index in [1.807, 2.05) is 4.90 Å². The fourth-order valence-corrected chi connectivity index (χ4v) is 3.76. The smallest absolute Gasteiger partial charge is 0.436 e. The van der Waals surface area contributed by atoms with E-state index in [0.29, 0.717) is 42.6 Å². The van der Waals surface area contributed by atoms with Crippen molar-refractivity contribution in [3.05, 3.63) is 33.6 Å². The number of methoxy groups -OCH3 is 1. The quantitative estimate of drug-likeness (QED) is 0.699. The Bertz CT molecular complexity index is 956. The minimum atomic E-state index is -4.68. The molecule has 0 bridgehead atoms. The van der Waals surface area contributed by atoms with Crippen LogP contribution in [0.25, 0.3) is 0 Å². The van der Waals surface area contributed by atoms with Crippen LogP contribution in [-0.4, -0.2) is 53.9 Å². The summed E-state index contributed by atoms with van der Waals surface area (Å²) in [4.78, 5) is 16.2. The second kappa shape index (κ2) is 8.43. The minimum Gasteiger partial charge on any atom is -0.495 e. The Kier molecular flexibility index (Phi) is 6.28. The fraction of sp³-hybridized carbons (Fsp3) is 0.444. The molecule has 2 N–H and O–H groups in total. The standard InChI is InChI=1S/C18H20Cl2F3N5O2/c1-10-16(20)17(18(21,22)23)25-28(10)9-15(29)27-5-3-26(4-6-27)13-8-14(30-2)11(19)7-12(13)24/h7-8H,3-6,9,24H2,1-2H3. The third-order valence-electron chi connectivity index (χ3n) is 4.96. The van der Waals surface area contributed by atoms with Gasteiger partial charge in [-0.3, -0.25) is 9.48 Å². The third kappa shape index (κ3) is 4.39. The molecule has 7 nitrogen and oxygen atoms in total. The third-order valence-corrected chi connectivity index (χ3v) is 5.71. The van der Waals surface area contributed by atoms with Gasteiger partial charge in [-0.05, 0) is 13.0 Å². The number of carbonyl (C=O) groups excluding carboxylic acids is 1. The molecular weight excluding hydrogens is 446 g/mol. The Hall–Kier alpha value is -2.33. The molecule has 1 aromatic carbocycles. The van der Waals surface area contributed by atoms with Crippen LogP contribution in [0.2, 0.25) is 10.0 Å². The number of aromatic nitrogens is 2. The van der Waals surface area contributed by atoms with E-state index in [1.54, 1.807) is 17.0 Å². The van der Waals surface area contributed by atoms with Gasteiger partial charge in [0, 0.05) is 32.2 Å². The first kappa shape index (κ1) is 22.4. The molecule has 1 aliphatic rings. The van der Waals surface area contributed by atoms with E-state index in [-0.39, 0.29) is 18.1 Å². The normalized spacial score (nSPS) is 14.9. The van der Waals surface area contributed by atoms with E-state index in [0.717, 1.165) is 10.4 Å². The molecule has 1 fully saturated rings. The first-order chi connectivity index (χ1) is 14.0. The van der Waals surface area contributed by atoms with Crippen LogP contribution < -0.4 is 15.4 Å². The summed E-state index contributed by atoms with van der Waals surface area (Å²) in [5, 5.41) is 3.38. The van der Waals surface area contributed by atoms with Crippen LogP contribution in [-0.2, 0) is 17.5 Å². The van der Waals surface area contributed by atoms with Crippen molar-refractivity contribution in [2.75, 3.05) is 43.9 Å². The maximum absolute atomic E-state index is 13.0. The summed E-state index contributed by atoms with van der Waals surface area (Å²) < 4.78 is 45.1. The van der Waals surface area contributed by atoms with E-state index < -0.39 is 16.9 Å². The molecule has 1 saturated heterocycles. The van der Waals surface area contributed by atoms with Crippen LogP contribution in [0.1, 0.15) is 11.4 Å². The summed E-state index contributed by atoms with van der Waals surface area (Å²) in [5.74, 6) is 0.151. The van der Waals surface area contributed by atoms with Gasteiger partial charge in [-0.15, -0.1) is 0 Å². The first-order valence-electron chi connectivity index (χ1n) is 8.98. The number of ether oxygens (including phenoxy) is 1.